The molecule has 1 aliphatic carbocycles. The summed E-state index contributed by atoms with van der Waals surface area (Å²) >= 11 is 0. The molecule has 1 heterocycles. The molecule has 4 heteroatoms. The first-order valence-electron chi connectivity index (χ1n) is 9.48. The van der Waals surface area contributed by atoms with Crippen LogP contribution in [0.15, 0.2) is 24.4 Å². The number of methoxy groups -OCH3 is 1. The second-order valence-electron chi connectivity index (χ2n) is 7.92. The first kappa shape index (κ1) is 18.3. The van der Waals surface area contributed by atoms with Gasteiger partial charge in [0, 0.05) is 35.7 Å². The zero-order valence-corrected chi connectivity index (χ0v) is 16.5. The van der Waals surface area contributed by atoms with Crippen molar-refractivity contribution in [2.24, 2.45) is 0 Å². The molecule has 0 bridgehead atoms. The van der Waals surface area contributed by atoms with Crippen LogP contribution in [-0.4, -0.2) is 62.3 Å². The quantitative estimate of drug-likeness (QED) is 0.796. The predicted octanol–water partition coefficient (Wildman–Crippen LogP) is 3.80. The molecule has 1 saturated carbocycles. The summed E-state index contributed by atoms with van der Waals surface area (Å²) in [6.07, 6.45) is 8.61. The van der Waals surface area contributed by atoms with Crippen molar-refractivity contribution in [2.75, 3.05) is 41.8 Å². The molecule has 0 atom stereocenters. The van der Waals surface area contributed by atoms with Crippen molar-refractivity contribution >= 4 is 10.9 Å². The van der Waals surface area contributed by atoms with E-state index >= 15 is 0 Å². The predicted molar refractivity (Wildman–Crippen MR) is 106 cm³/mol. The molecule has 1 fully saturated rings. The highest BCUT2D eigenvalue weighted by Crippen LogP contribution is 2.35. The molecule has 0 saturated heterocycles. The first-order valence-corrected chi connectivity index (χ1v) is 9.48. The van der Waals surface area contributed by atoms with Crippen LogP contribution in [-0.2, 0) is 6.42 Å². The highest BCUT2D eigenvalue weighted by atomic mass is 16.5. The number of rotatable bonds is 6. The molecule has 0 N–H and O–H groups in total. The summed E-state index contributed by atoms with van der Waals surface area (Å²) in [6, 6.07) is 7.92. The smallest absolute Gasteiger partial charge is 0.119 e. The minimum Gasteiger partial charge on any atom is -0.497 e. The molecule has 1 aromatic carbocycles. The molecule has 0 amide bonds. The van der Waals surface area contributed by atoms with Crippen molar-refractivity contribution in [3.63, 3.8) is 0 Å². The molecule has 3 rings (SSSR count). The van der Waals surface area contributed by atoms with Crippen molar-refractivity contribution in [3.05, 3.63) is 30.0 Å². The normalized spacial score (nSPS) is 21.4. The van der Waals surface area contributed by atoms with Gasteiger partial charge in [-0.25, -0.2) is 0 Å². The van der Waals surface area contributed by atoms with E-state index < -0.39 is 0 Å². The lowest BCUT2D eigenvalue weighted by Crippen LogP contribution is -2.32. The topological polar surface area (TPSA) is 20.6 Å². The highest BCUT2D eigenvalue weighted by Gasteiger charge is 2.25. The number of hydrogen-bond acceptors (Lipinski definition) is 3. The van der Waals surface area contributed by atoms with Gasteiger partial charge in [0.1, 0.15) is 5.75 Å². The Morgan fingerprint density at radius 2 is 1.80 bits per heavy atom. The Morgan fingerprint density at radius 1 is 1.08 bits per heavy atom. The number of hydrogen-bond donors (Lipinski definition) is 0. The van der Waals surface area contributed by atoms with Crippen LogP contribution >= 0.6 is 0 Å². The van der Waals surface area contributed by atoms with E-state index in [1.165, 1.54) is 42.1 Å². The summed E-state index contributed by atoms with van der Waals surface area (Å²) in [6.45, 7) is 1.07. The third-order valence-corrected chi connectivity index (χ3v) is 5.74. The summed E-state index contributed by atoms with van der Waals surface area (Å²) in [5.74, 6) is 0.952. The molecule has 25 heavy (non-hydrogen) atoms. The number of fused-ring (bicyclic) bond motifs is 1. The molecule has 138 valence electrons. The average Bonchev–Trinajstić information content (AvgIpc) is 2.97. The van der Waals surface area contributed by atoms with E-state index in [0.717, 1.165) is 24.8 Å². The van der Waals surface area contributed by atoms with Crippen molar-refractivity contribution in [1.29, 1.82) is 0 Å². The zero-order chi connectivity index (χ0) is 18.0. The zero-order valence-electron chi connectivity index (χ0n) is 16.5. The largest absolute Gasteiger partial charge is 0.497 e. The Labute approximate surface area is 152 Å². The van der Waals surface area contributed by atoms with Crippen LogP contribution in [0, 0.1) is 0 Å². The van der Waals surface area contributed by atoms with Gasteiger partial charge in [-0.1, -0.05) is 0 Å². The molecule has 0 aliphatic heterocycles. The fraction of sp³-hybridized carbons (Fsp3) is 0.619. The number of aromatic nitrogens is 1. The van der Waals surface area contributed by atoms with Crippen LogP contribution < -0.4 is 4.74 Å². The molecule has 1 aliphatic rings. The molecular formula is C21H33N3O. The van der Waals surface area contributed by atoms with Gasteiger partial charge < -0.3 is 19.1 Å². The maximum absolute atomic E-state index is 5.47. The SMILES string of the molecule is COc1ccc2c(c1)c(CCN(C)C)cn2C1CCC(N(C)C)CC1. The number of nitrogens with zero attached hydrogens (tertiary/aromatic N) is 3. The Balaban J connectivity index is 1.90. The monoisotopic (exact) mass is 343 g/mol. The molecule has 2 aromatic rings. The van der Waals surface area contributed by atoms with Gasteiger partial charge in [-0.05, 0) is 84.1 Å². The number of likely N-dealkylation sites (N-methyl/N-ethyl adjacent to an activating group) is 1. The Kier molecular flexibility index (Phi) is 5.70. The maximum Gasteiger partial charge on any atom is 0.119 e. The van der Waals surface area contributed by atoms with Gasteiger partial charge in [0.05, 0.1) is 7.11 Å². The maximum atomic E-state index is 5.47. The van der Waals surface area contributed by atoms with Crippen molar-refractivity contribution in [2.45, 2.75) is 44.2 Å². The van der Waals surface area contributed by atoms with E-state index in [4.69, 9.17) is 4.74 Å². The lowest BCUT2D eigenvalue weighted by molar-refractivity contribution is 0.197. The van der Waals surface area contributed by atoms with Gasteiger partial charge in [0.25, 0.3) is 0 Å². The van der Waals surface area contributed by atoms with Crippen LogP contribution in [0.1, 0.15) is 37.3 Å². The Morgan fingerprint density at radius 3 is 2.40 bits per heavy atom. The van der Waals surface area contributed by atoms with E-state index in [0.29, 0.717) is 6.04 Å². The van der Waals surface area contributed by atoms with Crippen LogP contribution in [0.4, 0.5) is 0 Å². The molecule has 4 nitrogen and oxygen atoms in total. The number of benzene rings is 1. The fourth-order valence-corrected chi connectivity index (χ4v) is 4.13. The molecule has 0 radical (unpaired) electrons. The van der Waals surface area contributed by atoms with Gasteiger partial charge in [-0.2, -0.15) is 0 Å². The van der Waals surface area contributed by atoms with E-state index in [1.54, 1.807) is 7.11 Å². The van der Waals surface area contributed by atoms with Crippen LogP contribution in [0.2, 0.25) is 0 Å². The third-order valence-electron chi connectivity index (χ3n) is 5.74. The van der Waals surface area contributed by atoms with E-state index in [2.05, 4.69) is 67.0 Å². The van der Waals surface area contributed by atoms with E-state index in [9.17, 15) is 0 Å². The van der Waals surface area contributed by atoms with Gasteiger partial charge in [-0.15, -0.1) is 0 Å². The van der Waals surface area contributed by atoms with Gasteiger partial charge in [0.2, 0.25) is 0 Å². The first-order chi connectivity index (χ1) is 12.0. The van der Waals surface area contributed by atoms with Gasteiger partial charge >= 0.3 is 0 Å². The fourth-order valence-electron chi connectivity index (χ4n) is 4.13. The van der Waals surface area contributed by atoms with Gasteiger partial charge in [0.15, 0.2) is 0 Å². The molecule has 1 aromatic heterocycles. The summed E-state index contributed by atoms with van der Waals surface area (Å²) < 4.78 is 8.02. The summed E-state index contributed by atoms with van der Waals surface area (Å²) in [4.78, 5) is 4.64. The third kappa shape index (κ3) is 4.01. The van der Waals surface area contributed by atoms with Crippen LogP contribution in [0.5, 0.6) is 5.75 Å². The summed E-state index contributed by atoms with van der Waals surface area (Å²) in [5, 5.41) is 1.36. The van der Waals surface area contributed by atoms with Crippen molar-refractivity contribution in [3.8, 4) is 5.75 Å². The minimum absolute atomic E-state index is 0.625. The highest BCUT2D eigenvalue weighted by molar-refractivity contribution is 5.85. The van der Waals surface area contributed by atoms with Gasteiger partial charge in [-0.3, -0.25) is 0 Å². The van der Waals surface area contributed by atoms with Crippen LogP contribution in [0.3, 0.4) is 0 Å². The Bertz CT molecular complexity index is 696. The summed E-state index contributed by atoms with van der Waals surface area (Å²) in [5.41, 5.74) is 2.81. The van der Waals surface area contributed by atoms with E-state index in [1.807, 2.05) is 0 Å². The minimum atomic E-state index is 0.625. The Hall–Kier alpha value is -1.52. The molecule has 0 spiro atoms. The second-order valence-corrected chi connectivity index (χ2v) is 7.92. The molecule has 0 unspecified atom stereocenters. The summed E-state index contributed by atoms with van der Waals surface area (Å²) in [7, 11) is 10.5. The van der Waals surface area contributed by atoms with E-state index in [-0.39, 0.29) is 0 Å². The van der Waals surface area contributed by atoms with Crippen LogP contribution in [0.25, 0.3) is 10.9 Å². The standard InChI is InChI=1S/C21H33N3O/c1-22(2)13-12-16-15-24(18-8-6-17(7-9-18)23(3)4)21-11-10-19(25-5)14-20(16)21/h10-11,14-15,17-18H,6-9,12-13H2,1-5H3. The lowest BCUT2D eigenvalue weighted by Gasteiger charge is -2.33. The molecular weight excluding hydrogens is 310 g/mol. The second kappa shape index (κ2) is 7.79. The van der Waals surface area contributed by atoms with Crippen molar-refractivity contribution in [1.82, 2.24) is 14.4 Å². The lowest BCUT2D eigenvalue weighted by atomic mass is 9.90. The number of ether oxygens (including phenoxy) is 1. The van der Waals surface area contributed by atoms with Crippen molar-refractivity contribution < 1.29 is 4.74 Å². The average molecular weight is 344 g/mol.